The highest BCUT2D eigenvalue weighted by Gasteiger charge is 1.90. The largest absolute Gasteiger partial charge is 0.377 e. The van der Waals surface area contributed by atoms with E-state index in [-0.39, 0.29) is 0 Å². The molecule has 0 aliphatic carbocycles. The molecule has 1 rings (SSSR count). The summed E-state index contributed by atoms with van der Waals surface area (Å²) in [7, 11) is 3.25. The van der Waals surface area contributed by atoms with Gasteiger partial charge in [-0.25, -0.2) is 0 Å². The summed E-state index contributed by atoms with van der Waals surface area (Å²) in [5.74, 6) is 0. The maximum atomic E-state index is 5.30. The molecule has 12 heavy (non-hydrogen) atoms. The molecule has 1 radical (unpaired) electrons. The van der Waals surface area contributed by atoms with Crippen molar-refractivity contribution < 1.29 is 9.47 Å². The number of hydrogen-bond acceptors (Lipinski definition) is 2. The van der Waals surface area contributed by atoms with Crippen molar-refractivity contribution in [2.24, 2.45) is 0 Å². The van der Waals surface area contributed by atoms with Crippen LogP contribution in [0.25, 0.3) is 0 Å². The summed E-state index contributed by atoms with van der Waals surface area (Å²) < 4.78 is 9.90. The minimum Gasteiger partial charge on any atom is -0.377 e. The Labute approximate surface area is 73.1 Å². The first-order valence-electron chi connectivity index (χ1n) is 3.92. The van der Waals surface area contributed by atoms with E-state index in [9.17, 15) is 0 Å². The average molecular weight is 165 g/mol. The Morgan fingerprint density at radius 1 is 1.08 bits per heavy atom. The average Bonchev–Trinajstić information content (AvgIpc) is 2.14. The Morgan fingerprint density at radius 2 is 1.83 bits per heavy atom. The minimum absolute atomic E-state index is 0.548. The summed E-state index contributed by atoms with van der Waals surface area (Å²) in [6.45, 7) is 1.79. The van der Waals surface area contributed by atoms with Gasteiger partial charge in [-0.2, -0.15) is 0 Å². The molecule has 0 unspecified atom stereocenters. The molecule has 0 aliphatic heterocycles. The highest BCUT2D eigenvalue weighted by atomic mass is 16.5. The van der Waals surface area contributed by atoms with Gasteiger partial charge in [-0.3, -0.25) is 0 Å². The van der Waals surface area contributed by atoms with Crippen LogP contribution in [0.2, 0.25) is 0 Å². The molecule has 0 heterocycles. The van der Waals surface area contributed by atoms with E-state index in [4.69, 9.17) is 4.74 Å². The summed E-state index contributed by atoms with van der Waals surface area (Å²) in [6.07, 6.45) is 0. The van der Waals surface area contributed by atoms with Gasteiger partial charge in [-0.15, -0.1) is 0 Å². The van der Waals surface area contributed by atoms with Crippen molar-refractivity contribution >= 4 is 0 Å². The molecule has 0 spiro atoms. The molecule has 1 aromatic carbocycles. The van der Waals surface area contributed by atoms with Crippen LogP contribution in [0.5, 0.6) is 0 Å². The fraction of sp³-hybridized carbons (Fsp3) is 0.300. The van der Waals surface area contributed by atoms with E-state index in [1.165, 1.54) is 5.56 Å². The van der Waals surface area contributed by atoms with Crippen LogP contribution < -0.4 is 0 Å². The second-order valence-corrected chi connectivity index (χ2v) is 2.45. The van der Waals surface area contributed by atoms with Crippen molar-refractivity contribution in [1.82, 2.24) is 0 Å². The Bertz CT molecular complexity index is 196. The molecule has 0 aliphatic rings. The van der Waals surface area contributed by atoms with E-state index < -0.39 is 0 Å². The zero-order valence-electron chi connectivity index (χ0n) is 7.03. The van der Waals surface area contributed by atoms with Crippen LogP contribution in [-0.4, -0.2) is 13.2 Å². The van der Waals surface area contributed by atoms with Crippen LogP contribution in [0.4, 0.5) is 0 Å². The molecule has 2 nitrogen and oxygen atoms in total. The number of ether oxygens (including phenoxy) is 2. The monoisotopic (exact) mass is 165 g/mol. The molecule has 0 N–H and O–H groups in total. The smallest absolute Gasteiger partial charge is 0.0718 e. The lowest BCUT2D eigenvalue weighted by molar-refractivity contribution is 0.0730. The first-order chi connectivity index (χ1) is 5.93. The summed E-state index contributed by atoms with van der Waals surface area (Å²) in [6, 6.07) is 10.0. The van der Waals surface area contributed by atoms with Gasteiger partial charge >= 0.3 is 0 Å². The fourth-order valence-electron chi connectivity index (χ4n) is 0.882. The van der Waals surface area contributed by atoms with Crippen LogP contribution in [0.15, 0.2) is 30.3 Å². The Balaban J connectivity index is 2.16. The Hall–Kier alpha value is -0.860. The third-order valence-corrected chi connectivity index (χ3v) is 1.48. The van der Waals surface area contributed by atoms with Crippen molar-refractivity contribution in [3.05, 3.63) is 43.0 Å². The molecule has 65 valence electrons. The van der Waals surface area contributed by atoms with E-state index >= 15 is 0 Å². The highest BCUT2D eigenvalue weighted by molar-refractivity contribution is 5.13. The van der Waals surface area contributed by atoms with Crippen LogP contribution in [0.3, 0.4) is 0 Å². The van der Waals surface area contributed by atoms with Crippen molar-refractivity contribution in [3.63, 3.8) is 0 Å². The second-order valence-electron chi connectivity index (χ2n) is 2.45. The van der Waals surface area contributed by atoms with Gasteiger partial charge in [0.15, 0.2) is 0 Å². The summed E-state index contributed by atoms with van der Waals surface area (Å²) in [4.78, 5) is 0. The molecule has 0 amide bonds. The summed E-state index contributed by atoms with van der Waals surface area (Å²) >= 11 is 0. The quantitative estimate of drug-likeness (QED) is 0.621. The van der Waals surface area contributed by atoms with E-state index in [2.05, 4.69) is 11.8 Å². The zero-order chi connectivity index (χ0) is 8.65. The maximum absolute atomic E-state index is 5.30. The second kappa shape index (κ2) is 5.75. The Morgan fingerprint density at radius 3 is 2.50 bits per heavy atom. The normalized spacial score (nSPS) is 10.1. The minimum atomic E-state index is 0.548. The van der Waals surface area contributed by atoms with E-state index in [1.807, 2.05) is 30.3 Å². The number of rotatable bonds is 5. The lowest BCUT2D eigenvalue weighted by Gasteiger charge is -2.02. The molecule has 1 aromatic rings. The molecular formula is C10H13O2. The predicted molar refractivity (Wildman–Crippen MR) is 47.4 cm³/mol. The van der Waals surface area contributed by atoms with Crippen LogP contribution >= 0.6 is 0 Å². The van der Waals surface area contributed by atoms with Gasteiger partial charge in [0.2, 0.25) is 0 Å². The molecular weight excluding hydrogens is 152 g/mol. The first kappa shape index (κ1) is 9.23. The van der Waals surface area contributed by atoms with Gasteiger partial charge < -0.3 is 9.47 Å². The summed E-state index contributed by atoms with van der Waals surface area (Å²) in [5, 5.41) is 0. The lowest BCUT2D eigenvalue weighted by atomic mass is 10.2. The third-order valence-electron chi connectivity index (χ3n) is 1.48. The molecule has 0 fully saturated rings. The van der Waals surface area contributed by atoms with Gasteiger partial charge in [0.05, 0.1) is 26.9 Å². The number of benzene rings is 1. The molecule has 0 aromatic heterocycles. The van der Waals surface area contributed by atoms with Crippen molar-refractivity contribution in [2.75, 3.05) is 13.2 Å². The van der Waals surface area contributed by atoms with Crippen LogP contribution in [0, 0.1) is 7.11 Å². The molecule has 0 saturated heterocycles. The van der Waals surface area contributed by atoms with Gasteiger partial charge in [0, 0.05) is 0 Å². The highest BCUT2D eigenvalue weighted by Crippen LogP contribution is 1.99. The molecule has 0 saturated carbocycles. The first-order valence-corrected chi connectivity index (χ1v) is 3.92. The topological polar surface area (TPSA) is 18.5 Å². The zero-order valence-corrected chi connectivity index (χ0v) is 7.03. The number of hydrogen-bond donors (Lipinski definition) is 0. The Kier molecular flexibility index (Phi) is 4.42. The molecule has 0 atom stereocenters. The van der Waals surface area contributed by atoms with Gasteiger partial charge in [-0.05, 0) is 5.56 Å². The van der Waals surface area contributed by atoms with Gasteiger partial charge in [-0.1, -0.05) is 30.3 Å². The van der Waals surface area contributed by atoms with Crippen LogP contribution in [-0.2, 0) is 16.1 Å². The van der Waals surface area contributed by atoms with Crippen molar-refractivity contribution in [3.8, 4) is 0 Å². The molecule has 2 heteroatoms. The maximum Gasteiger partial charge on any atom is 0.0718 e. The van der Waals surface area contributed by atoms with Gasteiger partial charge in [0.25, 0.3) is 0 Å². The van der Waals surface area contributed by atoms with E-state index in [1.54, 1.807) is 0 Å². The van der Waals surface area contributed by atoms with Crippen molar-refractivity contribution in [1.29, 1.82) is 0 Å². The third kappa shape index (κ3) is 3.51. The lowest BCUT2D eigenvalue weighted by Crippen LogP contribution is -2.00. The van der Waals surface area contributed by atoms with Crippen molar-refractivity contribution in [2.45, 2.75) is 6.61 Å². The molecule has 0 bridgehead atoms. The van der Waals surface area contributed by atoms with E-state index in [0.717, 1.165) is 0 Å². The summed E-state index contributed by atoms with van der Waals surface area (Å²) in [5.41, 5.74) is 1.18. The van der Waals surface area contributed by atoms with E-state index in [0.29, 0.717) is 19.8 Å². The predicted octanol–water partition coefficient (Wildman–Crippen LogP) is 2.01. The standard InChI is InChI=1S/C10H13O2/c1-11-7-8-12-9-10-5-3-2-4-6-10/h2-6H,1,7-9H2. The SMILES string of the molecule is [CH2]OCCOCc1ccccc1. The fourth-order valence-corrected chi connectivity index (χ4v) is 0.882. The van der Waals surface area contributed by atoms with Gasteiger partial charge in [0.1, 0.15) is 0 Å². The van der Waals surface area contributed by atoms with Crippen LogP contribution in [0.1, 0.15) is 5.56 Å².